The van der Waals surface area contributed by atoms with Crippen LogP contribution in [0.3, 0.4) is 0 Å². The first kappa shape index (κ1) is 19.9. The van der Waals surface area contributed by atoms with Crippen molar-refractivity contribution in [3.05, 3.63) is 0 Å². The maximum Gasteiger partial charge on any atom is 0.500 e. The van der Waals surface area contributed by atoms with Crippen molar-refractivity contribution >= 4 is 8.80 Å². The van der Waals surface area contributed by atoms with Crippen LogP contribution in [0.5, 0.6) is 0 Å². The molecule has 0 saturated heterocycles. The Morgan fingerprint density at radius 1 is 0.950 bits per heavy atom. The number of ether oxygens (including phenoxy) is 3. The SMILES string of the molecule is COCCOC(CO)COCCC[Si](OC)(OC)OC. The van der Waals surface area contributed by atoms with E-state index in [0.29, 0.717) is 32.5 Å². The molecule has 0 aromatic carbocycles. The number of hydrogen-bond donors (Lipinski definition) is 1. The minimum absolute atomic E-state index is 0.0728. The lowest BCUT2D eigenvalue weighted by molar-refractivity contribution is -0.0549. The van der Waals surface area contributed by atoms with Crippen molar-refractivity contribution in [3.8, 4) is 0 Å². The van der Waals surface area contributed by atoms with Gasteiger partial charge >= 0.3 is 8.80 Å². The minimum Gasteiger partial charge on any atom is -0.394 e. The summed E-state index contributed by atoms with van der Waals surface area (Å²) in [5.41, 5.74) is 0. The third-order valence-electron chi connectivity index (χ3n) is 2.85. The summed E-state index contributed by atoms with van der Waals surface area (Å²) in [7, 11) is 3.86. The molecule has 0 aromatic rings. The van der Waals surface area contributed by atoms with Gasteiger partial charge in [0.05, 0.1) is 26.4 Å². The molecule has 0 heterocycles. The number of aliphatic hydroxyl groups is 1. The molecule has 0 rings (SSSR count). The Balaban J connectivity index is 3.72. The molecule has 8 heteroatoms. The quantitative estimate of drug-likeness (QED) is 0.365. The van der Waals surface area contributed by atoms with Crippen LogP contribution < -0.4 is 0 Å². The molecule has 1 atom stereocenters. The third-order valence-corrected chi connectivity index (χ3v) is 5.68. The Kier molecular flexibility index (Phi) is 12.6. The molecular weight excluding hydrogens is 284 g/mol. The van der Waals surface area contributed by atoms with Gasteiger partial charge in [0.1, 0.15) is 6.10 Å². The smallest absolute Gasteiger partial charge is 0.394 e. The summed E-state index contributed by atoms with van der Waals surface area (Å²) in [5.74, 6) is 0. The highest BCUT2D eigenvalue weighted by molar-refractivity contribution is 6.60. The van der Waals surface area contributed by atoms with Gasteiger partial charge in [-0.05, 0) is 6.42 Å². The number of methoxy groups -OCH3 is 1. The second kappa shape index (κ2) is 12.7. The molecule has 0 aliphatic rings. The molecule has 0 spiro atoms. The van der Waals surface area contributed by atoms with Gasteiger partial charge in [0.2, 0.25) is 0 Å². The number of aliphatic hydroxyl groups excluding tert-OH is 1. The van der Waals surface area contributed by atoms with E-state index in [0.717, 1.165) is 6.42 Å². The monoisotopic (exact) mass is 312 g/mol. The maximum atomic E-state index is 9.13. The molecule has 122 valence electrons. The van der Waals surface area contributed by atoms with E-state index in [1.165, 1.54) is 0 Å². The van der Waals surface area contributed by atoms with E-state index in [4.69, 9.17) is 32.6 Å². The van der Waals surface area contributed by atoms with Crippen LogP contribution in [0.2, 0.25) is 6.04 Å². The van der Waals surface area contributed by atoms with E-state index in [1.54, 1.807) is 28.4 Å². The second-order valence-corrected chi connectivity index (χ2v) is 7.23. The predicted molar refractivity (Wildman–Crippen MR) is 75.7 cm³/mol. The van der Waals surface area contributed by atoms with E-state index in [1.807, 2.05) is 0 Å². The van der Waals surface area contributed by atoms with Crippen LogP contribution in [0.1, 0.15) is 6.42 Å². The maximum absolute atomic E-state index is 9.13. The van der Waals surface area contributed by atoms with Crippen molar-refractivity contribution in [2.24, 2.45) is 0 Å². The molecule has 1 unspecified atom stereocenters. The summed E-state index contributed by atoms with van der Waals surface area (Å²) >= 11 is 0. The summed E-state index contributed by atoms with van der Waals surface area (Å²) in [4.78, 5) is 0. The average molecular weight is 312 g/mol. The zero-order valence-corrected chi connectivity index (χ0v) is 13.9. The molecule has 0 saturated carbocycles. The first-order valence-corrected chi connectivity index (χ1v) is 8.55. The fraction of sp³-hybridized carbons (Fsp3) is 1.00. The van der Waals surface area contributed by atoms with Crippen molar-refractivity contribution in [1.29, 1.82) is 0 Å². The van der Waals surface area contributed by atoms with Crippen molar-refractivity contribution in [2.75, 3.05) is 61.5 Å². The second-order valence-electron chi connectivity index (χ2n) is 4.14. The zero-order valence-electron chi connectivity index (χ0n) is 12.9. The molecule has 0 amide bonds. The van der Waals surface area contributed by atoms with Crippen molar-refractivity contribution in [3.63, 3.8) is 0 Å². The van der Waals surface area contributed by atoms with Gasteiger partial charge in [-0.2, -0.15) is 0 Å². The van der Waals surface area contributed by atoms with Gasteiger partial charge in [-0.1, -0.05) is 0 Å². The predicted octanol–water partition coefficient (Wildman–Crippen LogP) is 0.295. The summed E-state index contributed by atoms with van der Waals surface area (Å²) in [5, 5.41) is 9.13. The summed E-state index contributed by atoms with van der Waals surface area (Å²) < 4.78 is 31.7. The van der Waals surface area contributed by atoms with E-state index in [9.17, 15) is 0 Å². The largest absolute Gasteiger partial charge is 0.500 e. The fourth-order valence-electron chi connectivity index (χ4n) is 1.61. The normalized spacial score (nSPS) is 13.7. The molecular formula is C12H28O7Si. The van der Waals surface area contributed by atoms with E-state index >= 15 is 0 Å². The third kappa shape index (κ3) is 8.27. The van der Waals surface area contributed by atoms with Crippen molar-refractivity contribution < 1.29 is 32.6 Å². The number of rotatable bonds is 14. The van der Waals surface area contributed by atoms with E-state index in [2.05, 4.69) is 0 Å². The van der Waals surface area contributed by atoms with Crippen LogP contribution in [-0.2, 0) is 27.5 Å². The van der Waals surface area contributed by atoms with Crippen LogP contribution >= 0.6 is 0 Å². The highest BCUT2D eigenvalue weighted by Crippen LogP contribution is 2.14. The van der Waals surface area contributed by atoms with Gasteiger partial charge < -0.3 is 32.6 Å². The summed E-state index contributed by atoms with van der Waals surface area (Å²) in [6.07, 6.45) is 0.442. The standard InChI is InChI=1S/C12H28O7Si/c1-14-7-8-19-12(10-13)11-18-6-5-9-20(15-2,16-3)17-4/h12-13H,5-11H2,1-4H3. The average Bonchev–Trinajstić information content (AvgIpc) is 2.50. The highest BCUT2D eigenvalue weighted by atomic mass is 28.4. The van der Waals surface area contributed by atoms with E-state index < -0.39 is 8.80 Å². The lowest BCUT2D eigenvalue weighted by atomic mass is 10.4. The zero-order chi connectivity index (χ0) is 15.3. The molecule has 20 heavy (non-hydrogen) atoms. The summed E-state index contributed by atoms with van der Waals surface area (Å²) in [6.45, 7) is 1.76. The fourth-order valence-corrected chi connectivity index (χ4v) is 3.30. The van der Waals surface area contributed by atoms with Gasteiger partial charge in [0.25, 0.3) is 0 Å². The first-order chi connectivity index (χ1) is 9.67. The van der Waals surface area contributed by atoms with Gasteiger partial charge in [-0.25, -0.2) is 0 Å². The first-order valence-electron chi connectivity index (χ1n) is 6.62. The molecule has 0 fully saturated rings. The van der Waals surface area contributed by atoms with Gasteiger partial charge in [-0.15, -0.1) is 0 Å². The van der Waals surface area contributed by atoms with Crippen molar-refractivity contribution in [1.82, 2.24) is 0 Å². The van der Waals surface area contributed by atoms with E-state index in [-0.39, 0.29) is 12.7 Å². The van der Waals surface area contributed by atoms with Crippen LogP contribution in [0.15, 0.2) is 0 Å². The number of hydrogen-bond acceptors (Lipinski definition) is 7. The molecule has 0 bridgehead atoms. The Bertz CT molecular complexity index is 206. The van der Waals surface area contributed by atoms with Crippen LogP contribution in [-0.4, -0.2) is 81.5 Å². The van der Waals surface area contributed by atoms with Gasteiger partial charge in [0.15, 0.2) is 0 Å². The molecule has 0 radical (unpaired) electrons. The Morgan fingerprint density at radius 3 is 2.10 bits per heavy atom. The van der Waals surface area contributed by atoms with Crippen molar-refractivity contribution in [2.45, 2.75) is 18.6 Å². The van der Waals surface area contributed by atoms with Crippen LogP contribution in [0.25, 0.3) is 0 Å². The minimum atomic E-state index is -2.51. The molecule has 0 aliphatic carbocycles. The molecule has 1 N–H and O–H groups in total. The Hall–Kier alpha value is -0.0631. The Labute approximate surface area is 122 Å². The van der Waals surface area contributed by atoms with Crippen LogP contribution in [0.4, 0.5) is 0 Å². The molecule has 0 aliphatic heterocycles. The van der Waals surface area contributed by atoms with Crippen LogP contribution in [0, 0.1) is 0 Å². The Morgan fingerprint density at radius 2 is 1.60 bits per heavy atom. The topological polar surface area (TPSA) is 75.6 Å². The molecule has 7 nitrogen and oxygen atoms in total. The molecule has 0 aromatic heterocycles. The van der Waals surface area contributed by atoms with Gasteiger partial charge in [0, 0.05) is 41.1 Å². The van der Waals surface area contributed by atoms with Gasteiger partial charge in [-0.3, -0.25) is 0 Å². The lowest BCUT2D eigenvalue weighted by Gasteiger charge is -2.24. The lowest BCUT2D eigenvalue weighted by Crippen LogP contribution is -2.42. The highest BCUT2D eigenvalue weighted by Gasteiger charge is 2.36. The summed E-state index contributed by atoms with van der Waals surface area (Å²) in [6, 6.07) is 0.685.